The highest BCUT2D eigenvalue weighted by Crippen LogP contribution is 2.50. The fraction of sp³-hybridized carbons (Fsp3) is 1.00. The highest BCUT2D eigenvalue weighted by atomic mass is 16.6. The van der Waals surface area contributed by atoms with Crippen molar-refractivity contribution in [3.05, 3.63) is 0 Å². The predicted octanol–water partition coefficient (Wildman–Crippen LogP) is 37.8. The van der Waals surface area contributed by atoms with Crippen molar-refractivity contribution in [2.45, 2.75) is 663 Å². The van der Waals surface area contributed by atoms with Gasteiger partial charge in [0, 0.05) is 0 Å². The van der Waals surface area contributed by atoms with Crippen LogP contribution >= 0.6 is 0 Å². The molecule has 0 amide bonds. The molecule has 127 heavy (non-hydrogen) atoms. The molecule has 0 radical (unpaired) electrons. The lowest BCUT2D eigenvalue weighted by molar-refractivity contribution is -0.266. The van der Waals surface area contributed by atoms with Gasteiger partial charge in [-0.05, 0) is 225 Å². The summed E-state index contributed by atoms with van der Waals surface area (Å²) in [6.07, 6.45) is 71.3. The summed E-state index contributed by atoms with van der Waals surface area (Å²) in [5.41, 5.74) is -4.20. The molecule has 0 unspecified atom stereocenters. The van der Waals surface area contributed by atoms with Crippen molar-refractivity contribution in [1.29, 1.82) is 0 Å². The highest BCUT2D eigenvalue weighted by molar-refractivity contribution is 5.05. The third kappa shape index (κ3) is 54.0. The fourth-order valence-electron chi connectivity index (χ4n) is 23.8. The third-order valence-corrected chi connectivity index (χ3v) is 33.6. The van der Waals surface area contributed by atoms with E-state index in [-0.39, 0.29) is 36.6 Å². The normalized spacial score (nSPS) is 23.8. The zero-order chi connectivity index (χ0) is 94.8. The highest BCUT2D eigenvalue weighted by Gasteiger charge is 2.56. The molecule has 3 saturated heterocycles. The summed E-state index contributed by atoms with van der Waals surface area (Å²) in [7, 11) is 0. The SMILES string of the molecule is CC(C)CCC[C@@H](C)CCC[C@@H](C)CCC[C@](C)(O)[C@H]1CC[C@@H]([C@](C)(CCC[C@H](C)CCC[C@H](C)CCCC(C)C)O[C@@](C)(CCC[C@H](C)CCC[C@H](C)CCCC(C)C)[C@H]2CC[C@@H]([C@](C)(CCC[C@H](C)CCC[C@H](C)CCCC(C)C)O[C@@](C)(CCC[C@H](C)CCC[C@H](C)CCCC(C)C)[C@H]3CC[C@@H]([C@@](C)(O)CCC[C@@H](C)CCC[C@@H](C)CCCC(C)C)O3)O2)O1. The van der Waals surface area contributed by atoms with Gasteiger partial charge in [0.1, 0.15) is 0 Å². The monoisotopic (exact) mass is 1790 g/mol. The Kier molecular flexibility index (Phi) is 62.4. The lowest BCUT2D eigenvalue weighted by Gasteiger charge is -2.48. The number of hydrogen-bond acceptors (Lipinski definition) is 7. The number of hydrogen-bond donors (Lipinski definition) is 2. The number of ether oxygens (including phenoxy) is 5. The Morgan fingerprint density at radius 3 is 0.449 bits per heavy atom. The van der Waals surface area contributed by atoms with E-state index < -0.39 is 33.6 Å². The Morgan fingerprint density at radius 1 is 0.181 bits per heavy atom. The molecule has 0 aromatic rings. The van der Waals surface area contributed by atoms with Crippen LogP contribution in [0, 0.1) is 107 Å². The second-order valence-electron chi connectivity index (χ2n) is 51.4. The summed E-state index contributed by atoms with van der Waals surface area (Å²) < 4.78 is 40.2. The van der Waals surface area contributed by atoms with E-state index in [9.17, 15) is 10.2 Å². The van der Waals surface area contributed by atoms with Gasteiger partial charge in [0.2, 0.25) is 0 Å². The van der Waals surface area contributed by atoms with E-state index in [4.69, 9.17) is 23.7 Å². The molecule has 0 aromatic heterocycles. The smallest absolute Gasteiger partial charge is 0.0923 e. The molecule has 0 bridgehead atoms. The molecule has 3 rings (SSSR count). The average Bonchev–Trinajstić information content (AvgIpc) is 1.63. The standard InChI is InChI=1S/C120H236O7/c1-91(2)49-31-55-97(13)61-37-67-103(19)73-43-85-115(25,121)109-79-81-111(123-109)117(27,87-45-75-105(21)69-39-63-99(15)57-33-51-93(5)6)126-119(29,89-47-77-107(23)71-41-65-101(17)59-35-53-95(9)10)113-83-84-114(125-113)120(30,90-48-78-108(24)72-42-66-102(18)60-36-54-96(11)12)127-118(28,88-46-76-106(22)70-40-64-100(16)58-34-52-94(7)8)112-82-80-110(124-112)116(26,122)86-44-74-104(20)68-38-62-98(14)56-32-50-92(3)4/h91-114,121-122H,31-90H2,1-30H3/t97-,98+,99-,100-,101-,102-,103-,104+,105-,106-,107-,108-,109-,110+,111+,112-,113-,114+,115+,116+,117+,118+,119+,120+/m1/s1. The van der Waals surface area contributed by atoms with Crippen molar-refractivity contribution in [1.82, 2.24) is 0 Å². The van der Waals surface area contributed by atoms with Crippen LogP contribution in [0.2, 0.25) is 0 Å². The fourth-order valence-corrected chi connectivity index (χ4v) is 23.8. The topological polar surface area (TPSA) is 86.6 Å². The Bertz CT molecular complexity index is 2420. The lowest BCUT2D eigenvalue weighted by Crippen LogP contribution is -2.56. The minimum absolute atomic E-state index is 0.127. The molecular formula is C120H236O7. The Hall–Kier alpha value is -0.280. The van der Waals surface area contributed by atoms with E-state index in [1.165, 1.54) is 257 Å². The van der Waals surface area contributed by atoms with Crippen LogP contribution in [-0.2, 0) is 23.7 Å². The number of aliphatic hydroxyl groups is 2. The van der Waals surface area contributed by atoms with Gasteiger partial charge >= 0.3 is 0 Å². The van der Waals surface area contributed by atoms with Crippen LogP contribution in [0.1, 0.15) is 593 Å². The zero-order valence-corrected chi connectivity index (χ0v) is 92.2. The van der Waals surface area contributed by atoms with Crippen molar-refractivity contribution in [3.8, 4) is 0 Å². The molecule has 7 nitrogen and oxygen atoms in total. The van der Waals surface area contributed by atoms with Crippen molar-refractivity contribution < 1.29 is 33.9 Å². The van der Waals surface area contributed by atoms with Crippen LogP contribution in [0.3, 0.4) is 0 Å². The van der Waals surface area contributed by atoms with E-state index in [0.29, 0.717) is 35.5 Å². The van der Waals surface area contributed by atoms with Crippen LogP contribution in [-0.4, -0.2) is 80.4 Å². The first-order valence-electron chi connectivity index (χ1n) is 57.6. The summed E-state index contributed by atoms with van der Waals surface area (Å²) in [4.78, 5) is 0. The first kappa shape index (κ1) is 121. The summed E-state index contributed by atoms with van der Waals surface area (Å²) in [5.74, 6) is 13.4. The second-order valence-corrected chi connectivity index (χ2v) is 51.4. The maximum atomic E-state index is 12.8. The molecule has 0 saturated carbocycles. The first-order valence-corrected chi connectivity index (χ1v) is 57.6. The quantitative estimate of drug-likeness (QED) is 0.0627. The molecule has 7 heteroatoms. The Balaban J connectivity index is 2.19. The van der Waals surface area contributed by atoms with Crippen molar-refractivity contribution in [2.24, 2.45) is 107 Å². The molecular weight excluding hydrogens is 1550 g/mol. The minimum Gasteiger partial charge on any atom is -0.387 e. The maximum Gasteiger partial charge on any atom is 0.0923 e. The average molecular weight is 1790 g/mol. The summed E-state index contributed by atoms with van der Waals surface area (Å²) in [6, 6.07) is 0. The summed E-state index contributed by atoms with van der Waals surface area (Å²) >= 11 is 0. The van der Waals surface area contributed by atoms with E-state index in [0.717, 1.165) is 199 Å². The molecule has 0 aliphatic carbocycles. The van der Waals surface area contributed by atoms with Crippen molar-refractivity contribution in [2.75, 3.05) is 0 Å². The molecule has 3 aliphatic rings. The third-order valence-electron chi connectivity index (χ3n) is 33.6. The summed E-state index contributed by atoms with van der Waals surface area (Å²) in [6.45, 7) is 72.7. The van der Waals surface area contributed by atoms with Crippen LogP contribution in [0.25, 0.3) is 0 Å². The van der Waals surface area contributed by atoms with Crippen molar-refractivity contribution >= 4 is 0 Å². The largest absolute Gasteiger partial charge is 0.387 e. The van der Waals surface area contributed by atoms with E-state index in [1.807, 2.05) is 0 Å². The van der Waals surface area contributed by atoms with Gasteiger partial charge in [-0.1, -0.05) is 474 Å². The van der Waals surface area contributed by atoms with Gasteiger partial charge in [-0.3, -0.25) is 0 Å². The minimum atomic E-state index is -0.911. The van der Waals surface area contributed by atoms with E-state index in [2.05, 4.69) is 208 Å². The predicted molar refractivity (Wildman–Crippen MR) is 559 cm³/mol. The zero-order valence-electron chi connectivity index (χ0n) is 92.2. The van der Waals surface area contributed by atoms with Crippen LogP contribution in [0.4, 0.5) is 0 Å². The molecule has 2 N–H and O–H groups in total. The van der Waals surface area contributed by atoms with Gasteiger partial charge in [-0.15, -0.1) is 0 Å². The molecule has 3 aliphatic heterocycles. The van der Waals surface area contributed by atoms with Crippen LogP contribution in [0.5, 0.6) is 0 Å². The molecule has 3 fully saturated rings. The second kappa shape index (κ2) is 65.6. The van der Waals surface area contributed by atoms with Gasteiger partial charge in [0.15, 0.2) is 0 Å². The van der Waals surface area contributed by atoms with Crippen LogP contribution < -0.4 is 0 Å². The van der Waals surface area contributed by atoms with Gasteiger partial charge in [0.05, 0.1) is 70.2 Å². The molecule has 24 atom stereocenters. The molecule has 3 heterocycles. The lowest BCUT2D eigenvalue weighted by atomic mass is 9.82. The Morgan fingerprint density at radius 2 is 0.299 bits per heavy atom. The number of rotatable bonds is 82. The van der Waals surface area contributed by atoms with E-state index >= 15 is 0 Å². The molecule has 0 spiro atoms. The van der Waals surface area contributed by atoms with Crippen LogP contribution in [0.15, 0.2) is 0 Å². The Labute approximate surface area is 798 Å². The van der Waals surface area contributed by atoms with E-state index in [1.54, 1.807) is 0 Å². The van der Waals surface area contributed by atoms with Gasteiger partial charge < -0.3 is 33.9 Å². The molecule has 758 valence electrons. The first-order chi connectivity index (χ1) is 59.8. The van der Waals surface area contributed by atoms with Gasteiger partial charge in [-0.2, -0.15) is 0 Å². The summed E-state index contributed by atoms with van der Waals surface area (Å²) in [5, 5.41) is 25.6. The molecule has 0 aromatic carbocycles. The van der Waals surface area contributed by atoms with Gasteiger partial charge in [-0.25, -0.2) is 0 Å². The van der Waals surface area contributed by atoms with Gasteiger partial charge in [0.25, 0.3) is 0 Å². The maximum absolute atomic E-state index is 12.8. The van der Waals surface area contributed by atoms with Crippen molar-refractivity contribution in [3.63, 3.8) is 0 Å².